The number of aldehydes is 1. The highest BCUT2D eigenvalue weighted by Gasteiger charge is 2.24. The molecule has 1 aliphatic rings. The normalized spacial score (nSPS) is 15.2. The molecule has 4 nitrogen and oxygen atoms in total. The Hall–Kier alpha value is -2.92. The number of benzene rings is 2. The molecule has 0 unspecified atom stereocenters. The van der Waals surface area contributed by atoms with Crippen molar-refractivity contribution < 1.29 is 4.79 Å². The third-order valence-electron chi connectivity index (χ3n) is 5.59. The number of H-pyrrole nitrogens is 1. The second-order valence-electron chi connectivity index (χ2n) is 7.27. The number of nitrogens with zero attached hydrogens (tertiary/aromatic N) is 2. The first kappa shape index (κ1) is 17.2. The molecule has 0 amide bonds. The Labute approximate surface area is 167 Å². The van der Waals surface area contributed by atoms with Crippen molar-refractivity contribution in [2.24, 2.45) is 0 Å². The van der Waals surface area contributed by atoms with Gasteiger partial charge in [-0.25, -0.2) is 4.98 Å². The summed E-state index contributed by atoms with van der Waals surface area (Å²) in [5.41, 5.74) is 5.13. The Morgan fingerprint density at radius 1 is 1.07 bits per heavy atom. The van der Waals surface area contributed by atoms with Crippen molar-refractivity contribution in [1.82, 2.24) is 9.97 Å². The predicted octanol–water partition coefficient (Wildman–Crippen LogP) is 5.49. The van der Waals surface area contributed by atoms with E-state index < -0.39 is 0 Å². The van der Waals surface area contributed by atoms with Crippen LogP contribution in [0.15, 0.2) is 60.0 Å². The number of nitrogens with one attached hydrogen (secondary N) is 1. The largest absolute Gasteiger partial charge is 0.371 e. The SMILES string of the molecule is O=Cc1ccc(-c2cccs2)cc1N1CCC(c2nc3ccccc3[nH]2)CC1. The van der Waals surface area contributed by atoms with Crippen LogP contribution in [-0.4, -0.2) is 29.3 Å². The number of piperidine rings is 1. The number of imidazole rings is 1. The molecule has 1 N–H and O–H groups in total. The number of carbonyl (C=O) groups is 1. The molecule has 0 aliphatic carbocycles. The minimum Gasteiger partial charge on any atom is -0.371 e. The van der Waals surface area contributed by atoms with Gasteiger partial charge in [-0.2, -0.15) is 0 Å². The molecule has 0 saturated carbocycles. The molecule has 2 aromatic carbocycles. The molecule has 4 aromatic rings. The molecule has 2 aromatic heterocycles. The molecule has 0 radical (unpaired) electrons. The van der Waals surface area contributed by atoms with Crippen molar-refractivity contribution in [2.45, 2.75) is 18.8 Å². The number of carbonyl (C=O) groups excluding carboxylic acids is 1. The second kappa shape index (κ2) is 7.24. The van der Waals surface area contributed by atoms with Crippen LogP contribution in [-0.2, 0) is 0 Å². The first-order valence-electron chi connectivity index (χ1n) is 9.64. The van der Waals surface area contributed by atoms with Crippen LogP contribution in [0.1, 0.15) is 34.9 Å². The highest BCUT2D eigenvalue weighted by Crippen LogP contribution is 2.34. The average Bonchev–Trinajstić information content (AvgIpc) is 3.43. The lowest BCUT2D eigenvalue weighted by Gasteiger charge is -2.33. The summed E-state index contributed by atoms with van der Waals surface area (Å²) >= 11 is 1.73. The van der Waals surface area contributed by atoms with E-state index in [0.717, 1.165) is 60.3 Å². The van der Waals surface area contributed by atoms with Gasteiger partial charge in [0, 0.05) is 35.1 Å². The van der Waals surface area contributed by atoms with Gasteiger partial charge in [-0.15, -0.1) is 11.3 Å². The molecule has 5 heteroatoms. The van der Waals surface area contributed by atoms with Gasteiger partial charge in [0.05, 0.1) is 11.0 Å². The van der Waals surface area contributed by atoms with E-state index in [4.69, 9.17) is 4.98 Å². The molecule has 1 fully saturated rings. The molecule has 1 saturated heterocycles. The summed E-state index contributed by atoms with van der Waals surface area (Å²) in [6.07, 6.45) is 3.03. The number of hydrogen-bond donors (Lipinski definition) is 1. The van der Waals surface area contributed by atoms with Crippen LogP contribution in [0.5, 0.6) is 0 Å². The molecule has 140 valence electrons. The van der Waals surface area contributed by atoms with Crippen LogP contribution in [0.25, 0.3) is 21.5 Å². The van der Waals surface area contributed by atoms with Gasteiger partial charge in [-0.05, 0) is 54.1 Å². The standard InChI is InChI=1S/C23H21N3OS/c27-15-18-8-7-17(22-6-3-13-28-22)14-21(18)26-11-9-16(10-12-26)23-24-19-4-1-2-5-20(19)25-23/h1-8,13-16H,9-12H2,(H,24,25). The van der Waals surface area contributed by atoms with Crippen LogP contribution in [0, 0.1) is 0 Å². The lowest BCUT2D eigenvalue weighted by atomic mass is 9.95. The zero-order valence-electron chi connectivity index (χ0n) is 15.5. The summed E-state index contributed by atoms with van der Waals surface area (Å²) in [6.45, 7) is 1.85. The van der Waals surface area contributed by atoms with E-state index in [1.54, 1.807) is 11.3 Å². The Morgan fingerprint density at radius 3 is 2.68 bits per heavy atom. The quantitative estimate of drug-likeness (QED) is 0.471. The minimum atomic E-state index is 0.434. The third kappa shape index (κ3) is 3.12. The molecule has 5 rings (SSSR count). The number of aromatic amines is 1. The molecule has 1 aliphatic heterocycles. The molecule has 0 bridgehead atoms. The summed E-state index contributed by atoms with van der Waals surface area (Å²) in [6, 6.07) is 18.5. The molecule has 0 spiro atoms. The average molecular weight is 388 g/mol. The molecule has 28 heavy (non-hydrogen) atoms. The van der Waals surface area contributed by atoms with Crippen molar-refractivity contribution in [3.63, 3.8) is 0 Å². The minimum absolute atomic E-state index is 0.434. The zero-order chi connectivity index (χ0) is 18.9. The Kier molecular flexibility index (Phi) is 4.45. The number of anilines is 1. The van der Waals surface area contributed by atoms with Crippen molar-refractivity contribution in [3.8, 4) is 10.4 Å². The molecular formula is C23H21N3OS. The fourth-order valence-corrected chi connectivity index (χ4v) is 4.80. The maximum atomic E-state index is 11.6. The highest BCUT2D eigenvalue weighted by molar-refractivity contribution is 7.13. The number of para-hydroxylation sites is 2. The van der Waals surface area contributed by atoms with E-state index in [1.807, 2.05) is 24.3 Å². The van der Waals surface area contributed by atoms with E-state index in [0.29, 0.717) is 5.92 Å². The van der Waals surface area contributed by atoms with Gasteiger partial charge >= 0.3 is 0 Å². The lowest BCUT2D eigenvalue weighted by Crippen LogP contribution is -2.33. The van der Waals surface area contributed by atoms with Gasteiger partial charge in [-0.1, -0.05) is 24.3 Å². The van der Waals surface area contributed by atoms with Gasteiger partial charge < -0.3 is 9.88 Å². The van der Waals surface area contributed by atoms with Gasteiger partial charge in [-0.3, -0.25) is 4.79 Å². The second-order valence-corrected chi connectivity index (χ2v) is 8.22. The molecule has 3 heterocycles. The van der Waals surface area contributed by atoms with Gasteiger partial charge in [0.2, 0.25) is 0 Å². The van der Waals surface area contributed by atoms with E-state index in [9.17, 15) is 4.79 Å². The highest BCUT2D eigenvalue weighted by atomic mass is 32.1. The monoisotopic (exact) mass is 387 g/mol. The summed E-state index contributed by atoms with van der Waals surface area (Å²) < 4.78 is 0. The van der Waals surface area contributed by atoms with E-state index >= 15 is 0 Å². The first-order chi connectivity index (χ1) is 13.8. The van der Waals surface area contributed by atoms with Crippen molar-refractivity contribution >= 4 is 34.3 Å². The van der Waals surface area contributed by atoms with Crippen molar-refractivity contribution in [2.75, 3.05) is 18.0 Å². The van der Waals surface area contributed by atoms with Crippen LogP contribution < -0.4 is 4.90 Å². The Bertz CT molecular complexity index is 1080. The number of hydrogen-bond acceptors (Lipinski definition) is 4. The third-order valence-corrected chi connectivity index (χ3v) is 6.51. The summed E-state index contributed by atoms with van der Waals surface area (Å²) in [7, 11) is 0. The van der Waals surface area contributed by atoms with E-state index in [1.165, 1.54) is 10.4 Å². The zero-order valence-corrected chi connectivity index (χ0v) is 16.3. The number of thiophene rings is 1. The van der Waals surface area contributed by atoms with Gasteiger partial charge in [0.25, 0.3) is 0 Å². The topological polar surface area (TPSA) is 49.0 Å². The Balaban J connectivity index is 1.37. The maximum absolute atomic E-state index is 11.6. The fraction of sp³-hybridized carbons (Fsp3) is 0.217. The van der Waals surface area contributed by atoms with Gasteiger partial charge in [0.1, 0.15) is 5.82 Å². The molecular weight excluding hydrogens is 366 g/mol. The van der Waals surface area contributed by atoms with Crippen LogP contribution in [0.3, 0.4) is 0 Å². The summed E-state index contributed by atoms with van der Waals surface area (Å²) in [4.78, 5) is 23.5. The number of fused-ring (bicyclic) bond motifs is 1. The lowest BCUT2D eigenvalue weighted by molar-refractivity contribution is 0.112. The van der Waals surface area contributed by atoms with E-state index in [-0.39, 0.29) is 0 Å². The predicted molar refractivity (Wildman–Crippen MR) is 115 cm³/mol. The van der Waals surface area contributed by atoms with Crippen LogP contribution >= 0.6 is 11.3 Å². The first-order valence-corrected chi connectivity index (χ1v) is 10.5. The number of aromatic nitrogens is 2. The van der Waals surface area contributed by atoms with Gasteiger partial charge in [0.15, 0.2) is 6.29 Å². The summed E-state index contributed by atoms with van der Waals surface area (Å²) in [5, 5.41) is 2.08. The van der Waals surface area contributed by atoms with Crippen molar-refractivity contribution in [1.29, 1.82) is 0 Å². The molecule has 0 atom stereocenters. The van der Waals surface area contributed by atoms with Crippen LogP contribution in [0.2, 0.25) is 0 Å². The van der Waals surface area contributed by atoms with Crippen LogP contribution in [0.4, 0.5) is 5.69 Å². The fourth-order valence-electron chi connectivity index (χ4n) is 4.07. The summed E-state index contributed by atoms with van der Waals surface area (Å²) in [5.74, 6) is 1.52. The van der Waals surface area contributed by atoms with Crippen molar-refractivity contribution in [3.05, 3.63) is 71.4 Å². The smallest absolute Gasteiger partial charge is 0.152 e. The Morgan fingerprint density at radius 2 is 1.93 bits per heavy atom. The maximum Gasteiger partial charge on any atom is 0.152 e. The van der Waals surface area contributed by atoms with E-state index in [2.05, 4.69) is 45.6 Å². The number of rotatable bonds is 4.